The van der Waals surface area contributed by atoms with Crippen LogP contribution in [0.1, 0.15) is 6.42 Å². The van der Waals surface area contributed by atoms with Crippen molar-refractivity contribution in [3.8, 4) is 0 Å². The maximum absolute atomic E-state index is 10.8. The summed E-state index contributed by atoms with van der Waals surface area (Å²) in [6, 6.07) is 0. The zero-order valence-corrected chi connectivity index (χ0v) is 7.69. The van der Waals surface area contributed by atoms with Gasteiger partial charge in [-0.3, -0.25) is 14.9 Å². The van der Waals surface area contributed by atoms with Gasteiger partial charge in [0.2, 0.25) is 6.54 Å². The number of hydrogen-bond acceptors (Lipinski definition) is 5. The topological polar surface area (TPSA) is 78.7 Å². The van der Waals surface area contributed by atoms with Crippen molar-refractivity contribution in [2.75, 3.05) is 27.4 Å². The van der Waals surface area contributed by atoms with Crippen molar-refractivity contribution < 1.29 is 19.2 Å². The zero-order chi connectivity index (χ0) is 10.3. The molecule has 13 heavy (non-hydrogen) atoms. The van der Waals surface area contributed by atoms with E-state index in [-0.39, 0.29) is 19.6 Å². The van der Waals surface area contributed by atoms with Gasteiger partial charge in [0.15, 0.2) is 0 Å². The number of nitrogens with zero attached hydrogens (tertiary/aromatic N) is 1. The maximum Gasteiger partial charge on any atom is 0.306 e. The summed E-state index contributed by atoms with van der Waals surface area (Å²) in [4.78, 5) is 20.5. The van der Waals surface area contributed by atoms with Crippen LogP contribution in [-0.4, -0.2) is 38.3 Å². The molecule has 6 nitrogen and oxygen atoms in total. The van der Waals surface area contributed by atoms with E-state index in [1.165, 1.54) is 14.2 Å². The maximum atomic E-state index is 10.8. The predicted molar refractivity (Wildman–Crippen MR) is 43.9 cm³/mol. The summed E-state index contributed by atoms with van der Waals surface area (Å²) in [7, 11) is 2.68. The summed E-state index contributed by atoms with van der Waals surface area (Å²) in [5, 5.41) is 10.2. The Labute approximate surface area is 76.0 Å². The third-order valence-electron chi connectivity index (χ3n) is 1.49. The summed E-state index contributed by atoms with van der Waals surface area (Å²) < 4.78 is 9.13. The van der Waals surface area contributed by atoms with Gasteiger partial charge in [-0.2, -0.15) is 0 Å². The molecule has 1 atom stereocenters. The highest BCUT2D eigenvalue weighted by molar-refractivity contribution is 5.69. The lowest BCUT2D eigenvalue weighted by Crippen LogP contribution is -2.22. The highest BCUT2D eigenvalue weighted by Crippen LogP contribution is 2.05. The zero-order valence-electron chi connectivity index (χ0n) is 7.69. The summed E-state index contributed by atoms with van der Waals surface area (Å²) in [5.74, 6) is -0.864. The van der Waals surface area contributed by atoms with Crippen LogP contribution in [-0.2, 0) is 14.3 Å². The fourth-order valence-electron chi connectivity index (χ4n) is 0.942. The van der Waals surface area contributed by atoms with Gasteiger partial charge in [-0.15, -0.1) is 0 Å². The van der Waals surface area contributed by atoms with E-state index < -0.39 is 16.8 Å². The van der Waals surface area contributed by atoms with E-state index in [1.54, 1.807) is 0 Å². The molecule has 0 rings (SSSR count). The van der Waals surface area contributed by atoms with E-state index in [9.17, 15) is 14.9 Å². The number of rotatable bonds is 6. The molecule has 6 heteroatoms. The molecular formula is C7H13NO5. The molecular weight excluding hydrogens is 178 g/mol. The van der Waals surface area contributed by atoms with Crippen LogP contribution in [0.2, 0.25) is 0 Å². The van der Waals surface area contributed by atoms with Crippen molar-refractivity contribution >= 4 is 5.97 Å². The fourth-order valence-corrected chi connectivity index (χ4v) is 0.942. The molecule has 0 fully saturated rings. The molecule has 0 aliphatic carbocycles. The lowest BCUT2D eigenvalue weighted by molar-refractivity contribution is -0.488. The molecule has 0 bridgehead atoms. The largest absolute Gasteiger partial charge is 0.469 e. The van der Waals surface area contributed by atoms with Crippen LogP contribution in [0.5, 0.6) is 0 Å². The van der Waals surface area contributed by atoms with E-state index in [0.29, 0.717) is 0 Å². The van der Waals surface area contributed by atoms with Crippen molar-refractivity contribution in [2.45, 2.75) is 6.42 Å². The fraction of sp³-hybridized carbons (Fsp3) is 0.857. The van der Waals surface area contributed by atoms with Gasteiger partial charge in [-0.1, -0.05) is 0 Å². The van der Waals surface area contributed by atoms with E-state index >= 15 is 0 Å². The summed E-state index contributed by atoms with van der Waals surface area (Å²) >= 11 is 0. The SMILES string of the molecule is COCC(CC(=O)OC)C[N+](=O)[O-]. The quantitative estimate of drug-likeness (QED) is 0.337. The first-order chi connectivity index (χ1) is 6.10. The minimum Gasteiger partial charge on any atom is -0.469 e. The number of nitro groups is 1. The van der Waals surface area contributed by atoms with Crippen LogP contribution >= 0.6 is 0 Å². The monoisotopic (exact) mass is 191 g/mol. The Morgan fingerprint density at radius 3 is 2.54 bits per heavy atom. The Bertz CT molecular complexity index is 182. The molecule has 0 aromatic carbocycles. The molecule has 0 saturated heterocycles. The van der Waals surface area contributed by atoms with Gasteiger partial charge in [0.1, 0.15) is 0 Å². The van der Waals surface area contributed by atoms with Gasteiger partial charge < -0.3 is 9.47 Å². The first kappa shape index (κ1) is 11.8. The Morgan fingerprint density at radius 2 is 2.15 bits per heavy atom. The molecule has 0 aromatic rings. The van der Waals surface area contributed by atoms with Gasteiger partial charge in [-0.25, -0.2) is 0 Å². The predicted octanol–water partition coefficient (Wildman–Crippen LogP) is 0.0888. The smallest absolute Gasteiger partial charge is 0.306 e. The van der Waals surface area contributed by atoms with Crippen molar-refractivity contribution in [1.29, 1.82) is 0 Å². The standard InChI is InChI=1S/C7H13NO5/c1-12-5-6(4-8(10)11)3-7(9)13-2/h6H,3-5H2,1-2H3. The molecule has 0 heterocycles. The second-order valence-corrected chi connectivity index (χ2v) is 2.62. The number of carbonyl (C=O) groups is 1. The first-order valence-corrected chi connectivity index (χ1v) is 3.77. The number of ether oxygens (including phenoxy) is 2. The molecule has 0 aromatic heterocycles. The molecule has 76 valence electrons. The average molecular weight is 191 g/mol. The van der Waals surface area contributed by atoms with Crippen LogP contribution in [0.25, 0.3) is 0 Å². The summed E-state index contributed by atoms with van der Waals surface area (Å²) in [6.07, 6.45) is 0.0192. The average Bonchev–Trinajstić information content (AvgIpc) is 2.03. The summed E-state index contributed by atoms with van der Waals surface area (Å²) in [5.41, 5.74) is 0. The molecule has 0 spiro atoms. The van der Waals surface area contributed by atoms with Crippen LogP contribution in [0, 0.1) is 16.0 Å². The van der Waals surface area contributed by atoms with Crippen LogP contribution in [0.15, 0.2) is 0 Å². The van der Waals surface area contributed by atoms with E-state index in [2.05, 4.69) is 4.74 Å². The Hall–Kier alpha value is -1.17. The molecule has 0 aliphatic rings. The lowest BCUT2D eigenvalue weighted by Gasteiger charge is -2.09. The van der Waals surface area contributed by atoms with Gasteiger partial charge in [-0.05, 0) is 0 Å². The van der Waals surface area contributed by atoms with E-state index in [1.807, 2.05) is 0 Å². The number of methoxy groups -OCH3 is 2. The van der Waals surface area contributed by atoms with Crippen LogP contribution in [0.3, 0.4) is 0 Å². The lowest BCUT2D eigenvalue weighted by atomic mass is 10.1. The first-order valence-electron chi connectivity index (χ1n) is 3.77. The third kappa shape index (κ3) is 6.03. The van der Waals surface area contributed by atoms with Gasteiger partial charge >= 0.3 is 5.97 Å². The Kier molecular flexibility index (Phi) is 5.79. The molecule has 0 N–H and O–H groups in total. The molecule has 0 amide bonds. The van der Waals surface area contributed by atoms with Gasteiger partial charge in [0.25, 0.3) is 0 Å². The second-order valence-electron chi connectivity index (χ2n) is 2.62. The minimum atomic E-state index is -0.466. The summed E-state index contributed by atoms with van der Waals surface area (Å²) in [6.45, 7) is -0.0843. The molecule has 1 unspecified atom stereocenters. The van der Waals surface area contributed by atoms with Gasteiger partial charge in [0, 0.05) is 12.0 Å². The number of esters is 1. The van der Waals surface area contributed by atoms with Crippen LogP contribution in [0.4, 0.5) is 0 Å². The normalized spacial score (nSPS) is 12.2. The highest BCUT2D eigenvalue weighted by atomic mass is 16.6. The number of carbonyl (C=O) groups excluding carboxylic acids is 1. The highest BCUT2D eigenvalue weighted by Gasteiger charge is 2.19. The molecule has 0 saturated carbocycles. The Balaban J connectivity index is 3.93. The van der Waals surface area contributed by atoms with Crippen LogP contribution < -0.4 is 0 Å². The van der Waals surface area contributed by atoms with Crippen molar-refractivity contribution in [3.63, 3.8) is 0 Å². The number of hydrogen-bond donors (Lipinski definition) is 0. The van der Waals surface area contributed by atoms with Crippen molar-refractivity contribution in [2.24, 2.45) is 5.92 Å². The minimum absolute atomic E-state index is 0.0192. The van der Waals surface area contributed by atoms with E-state index in [0.717, 1.165) is 0 Å². The van der Waals surface area contributed by atoms with E-state index in [4.69, 9.17) is 4.74 Å². The second kappa shape index (κ2) is 6.36. The Morgan fingerprint density at radius 1 is 1.54 bits per heavy atom. The van der Waals surface area contributed by atoms with Crippen molar-refractivity contribution in [1.82, 2.24) is 0 Å². The third-order valence-corrected chi connectivity index (χ3v) is 1.49. The van der Waals surface area contributed by atoms with Gasteiger partial charge in [0.05, 0.1) is 26.1 Å². The molecule has 0 aliphatic heterocycles. The molecule has 0 radical (unpaired) electrons. The van der Waals surface area contributed by atoms with Crippen molar-refractivity contribution in [3.05, 3.63) is 10.1 Å².